The number of hydrogen-bond acceptors (Lipinski definition) is 3. The van der Waals surface area contributed by atoms with Crippen LogP contribution in [0.15, 0.2) is 45.5 Å². The normalized spacial score (nSPS) is 17.2. The molecule has 17 heavy (non-hydrogen) atoms. The standard InChI is InChI=1S/C13H16BrNOS/c14-10-5-1-2-7-13(10)17-9-11(15)12-6-3-4-8-16-12/h1-2,5-7,11H,3-4,8-9,15H2. The molecule has 2 N–H and O–H groups in total. The van der Waals surface area contributed by atoms with Gasteiger partial charge in [0.1, 0.15) is 5.76 Å². The van der Waals surface area contributed by atoms with Gasteiger partial charge in [-0.05, 0) is 47.0 Å². The van der Waals surface area contributed by atoms with Gasteiger partial charge in [0, 0.05) is 15.1 Å². The van der Waals surface area contributed by atoms with Gasteiger partial charge in [0.15, 0.2) is 0 Å². The molecule has 0 aliphatic carbocycles. The summed E-state index contributed by atoms with van der Waals surface area (Å²) in [5, 5.41) is 0. The molecule has 1 aliphatic rings. The Balaban J connectivity index is 1.89. The van der Waals surface area contributed by atoms with Crippen LogP contribution in [-0.4, -0.2) is 18.4 Å². The zero-order valence-electron chi connectivity index (χ0n) is 9.56. The lowest BCUT2D eigenvalue weighted by Gasteiger charge is -2.20. The maximum atomic E-state index is 6.12. The summed E-state index contributed by atoms with van der Waals surface area (Å²) < 4.78 is 6.69. The van der Waals surface area contributed by atoms with Crippen molar-refractivity contribution in [3.8, 4) is 0 Å². The van der Waals surface area contributed by atoms with Gasteiger partial charge in [-0.3, -0.25) is 0 Å². The monoisotopic (exact) mass is 313 g/mol. The molecule has 2 nitrogen and oxygen atoms in total. The number of hydrogen-bond donors (Lipinski definition) is 1. The minimum absolute atomic E-state index is 0.00703. The zero-order chi connectivity index (χ0) is 12.1. The van der Waals surface area contributed by atoms with E-state index in [-0.39, 0.29) is 6.04 Å². The molecule has 0 radical (unpaired) electrons. The van der Waals surface area contributed by atoms with Gasteiger partial charge >= 0.3 is 0 Å². The maximum absolute atomic E-state index is 6.12. The first-order valence-corrected chi connectivity index (χ1v) is 7.51. The summed E-state index contributed by atoms with van der Waals surface area (Å²) in [4.78, 5) is 1.22. The Bertz CT molecular complexity index is 408. The molecule has 1 unspecified atom stereocenters. The fraction of sp³-hybridized carbons (Fsp3) is 0.385. The molecule has 1 aromatic carbocycles. The lowest BCUT2D eigenvalue weighted by molar-refractivity contribution is 0.179. The van der Waals surface area contributed by atoms with E-state index in [2.05, 4.69) is 28.1 Å². The highest BCUT2D eigenvalue weighted by Crippen LogP contribution is 2.28. The molecule has 2 rings (SSSR count). The SMILES string of the molecule is NC(CSc1ccccc1Br)C1=CCCCO1. The molecular weight excluding hydrogens is 298 g/mol. The van der Waals surface area contributed by atoms with Crippen molar-refractivity contribution in [1.82, 2.24) is 0 Å². The Kier molecular flexibility index (Phi) is 4.95. The fourth-order valence-electron chi connectivity index (χ4n) is 1.66. The smallest absolute Gasteiger partial charge is 0.110 e. The van der Waals surface area contributed by atoms with Crippen molar-refractivity contribution >= 4 is 27.7 Å². The maximum Gasteiger partial charge on any atom is 0.110 e. The molecule has 0 spiro atoms. The van der Waals surface area contributed by atoms with E-state index < -0.39 is 0 Å². The molecule has 0 fully saturated rings. The molecule has 0 amide bonds. The molecule has 1 aliphatic heterocycles. The summed E-state index contributed by atoms with van der Waals surface area (Å²) in [5.74, 6) is 1.80. The fourth-order valence-corrected chi connectivity index (χ4v) is 3.19. The molecule has 4 heteroatoms. The Morgan fingerprint density at radius 1 is 1.41 bits per heavy atom. The Morgan fingerprint density at radius 2 is 2.24 bits per heavy atom. The Hall–Kier alpha value is -0.450. The van der Waals surface area contributed by atoms with Crippen molar-refractivity contribution in [2.24, 2.45) is 5.73 Å². The zero-order valence-corrected chi connectivity index (χ0v) is 12.0. The lowest BCUT2D eigenvalue weighted by atomic mass is 10.2. The van der Waals surface area contributed by atoms with Gasteiger partial charge in [0.25, 0.3) is 0 Å². The number of thioether (sulfide) groups is 1. The van der Waals surface area contributed by atoms with Gasteiger partial charge in [-0.2, -0.15) is 0 Å². The van der Waals surface area contributed by atoms with Crippen LogP contribution in [0, 0.1) is 0 Å². The molecule has 1 heterocycles. The van der Waals surface area contributed by atoms with E-state index in [1.807, 2.05) is 18.2 Å². The molecule has 0 saturated heterocycles. The molecule has 1 aromatic rings. The van der Waals surface area contributed by atoms with Crippen LogP contribution in [0.1, 0.15) is 12.8 Å². The van der Waals surface area contributed by atoms with Crippen LogP contribution in [0.5, 0.6) is 0 Å². The first kappa shape index (κ1) is 13.0. The van der Waals surface area contributed by atoms with Crippen molar-refractivity contribution in [3.05, 3.63) is 40.6 Å². The van der Waals surface area contributed by atoms with E-state index in [9.17, 15) is 0 Å². The van der Waals surface area contributed by atoms with Crippen LogP contribution in [0.3, 0.4) is 0 Å². The van der Waals surface area contributed by atoms with Crippen molar-refractivity contribution in [3.63, 3.8) is 0 Å². The predicted octanol–water partition coefficient (Wildman–Crippen LogP) is 3.56. The van der Waals surface area contributed by atoms with Gasteiger partial charge < -0.3 is 10.5 Å². The number of ether oxygens (including phenoxy) is 1. The van der Waals surface area contributed by atoms with Crippen LogP contribution < -0.4 is 5.73 Å². The molecular formula is C13H16BrNOS. The lowest BCUT2D eigenvalue weighted by Crippen LogP contribution is -2.28. The first-order chi connectivity index (χ1) is 8.27. The molecule has 0 bridgehead atoms. The summed E-state index contributed by atoms with van der Waals surface area (Å²) in [6.07, 6.45) is 4.31. The van der Waals surface area contributed by atoms with Crippen molar-refractivity contribution in [2.45, 2.75) is 23.8 Å². The van der Waals surface area contributed by atoms with Gasteiger partial charge in [-0.1, -0.05) is 12.1 Å². The molecule has 0 saturated carbocycles. The van der Waals surface area contributed by atoms with Gasteiger partial charge in [-0.25, -0.2) is 0 Å². The third-order valence-electron chi connectivity index (χ3n) is 2.58. The molecule has 1 atom stereocenters. The third-order valence-corrected chi connectivity index (χ3v) is 4.73. The van der Waals surface area contributed by atoms with Crippen molar-refractivity contribution in [1.29, 1.82) is 0 Å². The predicted molar refractivity (Wildman–Crippen MR) is 76.1 cm³/mol. The van der Waals surface area contributed by atoms with E-state index in [0.717, 1.165) is 35.4 Å². The van der Waals surface area contributed by atoms with Crippen LogP contribution in [0.4, 0.5) is 0 Å². The topological polar surface area (TPSA) is 35.2 Å². The van der Waals surface area contributed by atoms with Crippen molar-refractivity contribution in [2.75, 3.05) is 12.4 Å². The summed E-state index contributed by atoms with van der Waals surface area (Å²) in [5.41, 5.74) is 6.12. The average molecular weight is 314 g/mol. The second-order valence-electron chi connectivity index (χ2n) is 3.95. The quantitative estimate of drug-likeness (QED) is 0.863. The van der Waals surface area contributed by atoms with Crippen LogP contribution in [0.25, 0.3) is 0 Å². The minimum Gasteiger partial charge on any atom is -0.497 e. The third kappa shape index (κ3) is 3.76. The van der Waals surface area contributed by atoms with E-state index in [4.69, 9.17) is 10.5 Å². The second kappa shape index (κ2) is 6.47. The Labute approximate surface area is 115 Å². The van der Waals surface area contributed by atoms with E-state index >= 15 is 0 Å². The first-order valence-electron chi connectivity index (χ1n) is 5.73. The average Bonchev–Trinajstić information content (AvgIpc) is 2.38. The number of allylic oxidation sites excluding steroid dienone is 1. The highest BCUT2D eigenvalue weighted by molar-refractivity contribution is 9.10. The van der Waals surface area contributed by atoms with Crippen molar-refractivity contribution < 1.29 is 4.74 Å². The van der Waals surface area contributed by atoms with Crippen LogP contribution in [-0.2, 0) is 4.74 Å². The second-order valence-corrected chi connectivity index (χ2v) is 5.86. The van der Waals surface area contributed by atoms with Crippen LogP contribution >= 0.6 is 27.7 Å². The number of halogens is 1. The van der Waals surface area contributed by atoms with E-state index in [0.29, 0.717) is 0 Å². The number of nitrogens with two attached hydrogens (primary N) is 1. The highest BCUT2D eigenvalue weighted by Gasteiger charge is 2.14. The number of rotatable bonds is 4. The Morgan fingerprint density at radius 3 is 2.94 bits per heavy atom. The van der Waals surface area contributed by atoms with E-state index in [1.165, 1.54) is 4.90 Å². The van der Waals surface area contributed by atoms with Gasteiger partial charge in [0.2, 0.25) is 0 Å². The van der Waals surface area contributed by atoms with Gasteiger partial charge in [0.05, 0.1) is 12.6 Å². The highest BCUT2D eigenvalue weighted by atomic mass is 79.9. The molecule has 0 aromatic heterocycles. The summed E-state index contributed by atoms with van der Waals surface area (Å²) in [7, 11) is 0. The summed E-state index contributed by atoms with van der Waals surface area (Å²) in [6.45, 7) is 0.805. The van der Waals surface area contributed by atoms with Crippen LogP contribution in [0.2, 0.25) is 0 Å². The van der Waals surface area contributed by atoms with E-state index in [1.54, 1.807) is 11.8 Å². The van der Waals surface area contributed by atoms with Gasteiger partial charge in [-0.15, -0.1) is 11.8 Å². The summed E-state index contributed by atoms with van der Waals surface area (Å²) >= 11 is 5.29. The number of benzene rings is 1. The minimum atomic E-state index is -0.00703. The molecule has 92 valence electrons. The summed E-state index contributed by atoms with van der Waals surface area (Å²) in [6, 6.07) is 8.19. The largest absolute Gasteiger partial charge is 0.497 e.